The SMILES string of the molecule is CC1CSCC1(CN)N1CCn2cnnc2C1. The number of hydrogen-bond donors (Lipinski definition) is 1. The first kappa shape index (κ1) is 11.5. The van der Waals surface area contributed by atoms with Crippen LogP contribution in [0.25, 0.3) is 0 Å². The van der Waals surface area contributed by atoms with Crippen LogP contribution in [-0.4, -0.2) is 49.8 Å². The zero-order chi connectivity index (χ0) is 11.9. The van der Waals surface area contributed by atoms with Gasteiger partial charge in [-0.2, -0.15) is 11.8 Å². The Morgan fingerprint density at radius 2 is 2.47 bits per heavy atom. The van der Waals surface area contributed by atoms with E-state index in [1.807, 2.05) is 18.1 Å². The summed E-state index contributed by atoms with van der Waals surface area (Å²) in [7, 11) is 0. The summed E-state index contributed by atoms with van der Waals surface area (Å²) in [5, 5.41) is 8.17. The zero-order valence-corrected chi connectivity index (χ0v) is 11.0. The van der Waals surface area contributed by atoms with Gasteiger partial charge in [-0.25, -0.2) is 0 Å². The quantitative estimate of drug-likeness (QED) is 0.814. The minimum atomic E-state index is 0.169. The van der Waals surface area contributed by atoms with Crippen LogP contribution in [0.15, 0.2) is 6.33 Å². The van der Waals surface area contributed by atoms with Crippen molar-refractivity contribution in [1.29, 1.82) is 0 Å². The van der Waals surface area contributed by atoms with Gasteiger partial charge in [-0.1, -0.05) is 6.92 Å². The van der Waals surface area contributed by atoms with Crippen LogP contribution in [-0.2, 0) is 13.1 Å². The summed E-state index contributed by atoms with van der Waals surface area (Å²) in [5.74, 6) is 4.11. The van der Waals surface area contributed by atoms with E-state index in [1.54, 1.807) is 0 Å². The van der Waals surface area contributed by atoms with E-state index in [0.29, 0.717) is 5.92 Å². The maximum atomic E-state index is 6.09. The summed E-state index contributed by atoms with van der Waals surface area (Å²) in [6.45, 7) is 6.01. The lowest BCUT2D eigenvalue weighted by Crippen LogP contribution is -2.59. The lowest BCUT2D eigenvalue weighted by Gasteiger charge is -2.44. The molecule has 3 rings (SSSR count). The van der Waals surface area contributed by atoms with Crippen molar-refractivity contribution < 1.29 is 0 Å². The van der Waals surface area contributed by atoms with E-state index in [1.165, 1.54) is 5.75 Å². The molecule has 0 radical (unpaired) electrons. The molecule has 17 heavy (non-hydrogen) atoms. The van der Waals surface area contributed by atoms with Gasteiger partial charge in [0.2, 0.25) is 0 Å². The van der Waals surface area contributed by atoms with Gasteiger partial charge in [0, 0.05) is 30.9 Å². The molecule has 0 aliphatic carbocycles. The molecule has 2 aliphatic rings. The number of aromatic nitrogens is 3. The van der Waals surface area contributed by atoms with Crippen molar-refractivity contribution in [3.63, 3.8) is 0 Å². The number of fused-ring (bicyclic) bond motifs is 1. The lowest BCUT2D eigenvalue weighted by molar-refractivity contribution is 0.0517. The fraction of sp³-hybridized carbons (Fsp3) is 0.818. The van der Waals surface area contributed by atoms with Crippen LogP contribution < -0.4 is 5.73 Å². The second-order valence-electron chi connectivity index (χ2n) is 5.09. The van der Waals surface area contributed by atoms with E-state index < -0.39 is 0 Å². The van der Waals surface area contributed by atoms with Crippen molar-refractivity contribution in [2.45, 2.75) is 25.6 Å². The van der Waals surface area contributed by atoms with Gasteiger partial charge in [0.15, 0.2) is 0 Å². The first-order valence-electron chi connectivity index (χ1n) is 6.16. The van der Waals surface area contributed by atoms with E-state index in [4.69, 9.17) is 5.73 Å². The third-order valence-corrected chi connectivity index (χ3v) is 5.70. The van der Waals surface area contributed by atoms with Crippen LogP contribution in [0.3, 0.4) is 0 Å². The fourth-order valence-corrected chi connectivity index (χ4v) is 4.67. The smallest absolute Gasteiger partial charge is 0.147 e. The summed E-state index contributed by atoms with van der Waals surface area (Å²) in [4.78, 5) is 2.53. The normalized spacial score (nSPS) is 33.9. The Bertz CT molecular complexity index is 406. The Kier molecular flexibility index (Phi) is 2.88. The van der Waals surface area contributed by atoms with Crippen molar-refractivity contribution in [2.75, 3.05) is 24.6 Å². The Morgan fingerprint density at radius 1 is 1.59 bits per heavy atom. The molecule has 6 heteroatoms. The number of thioether (sulfide) groups is 1. The number of nitrogens with zero attached hydrogens (tertiary/aromatic N) is 4. The Balaban J connectivity index is 1.85. The maximum absolute atomic E-state index is 6.09. The monoisotopic (exact) mass is 253 g/mol. The van der Waals surface area contributed by atoms with E-state index in [9.17, 15) is 0 Å². The molecule has 1 aromatic rings. The summed E-state index contributed by atoms with van der Waals surface area (Å²) < 4.78 is 2.15. The van der Waals surface area contributed by atoms with Crippen LogP contribution in [0.5, 0.6) is 0 Å². The minimum absolute atomic E-state index is 0.169. The van der Waals surface area contributed by atoms with Gasteiger partial charge in [0.1, 0.15) is 12.2 Å². The standard InChI is InChI=1S/C11H19N5S/c1-9-5-17-7-11(9,6-12)16-3-2-15-8-13-14-10(15)4-16/h8-9H,2-7,12H2,1H3. The van der Waals surface area contributed by atoms with Gasteiger partial charge in [-0.3, -0.25) is 4.90 Å². The van der Waals surface area contributed by atoms with Gasteiger partial charge in [0.05, 0.1) is 6.54 Å². The van der Waals surface area contributed by atoms with Gasteiger partial charge < -0.3 is 10.3 Å². The van der Waals surface area contributed by atoms with Gasteiger partial charge in [-0.05, 0) is 11.7 Å². The van der Waals surface area contributed by atoms with Crippen molar-refractivity contribution in [1.82, 2.24) is 19.7 Å². The highest BCUT2D eigenvalue weighted by atomic mass is 32.2. The van der Waals surface area contributed by atoms with Crippen LogP contribution in [0.4, 0.5) is 0 Å². The second-order valence-corrected chi connectivity index (χ2v) is 6.12. The highest BCUT2D eigenvalue weighted by Gasteiger charge is 2.45. The molecular formula is C11H19N5S. The molecule has 3 heterocycles. The Labute approximate surface area is 106 Å². The van der Waals surface area contributed by atoms with E-state index in [-0.39, 0.29) is 5.54 Å². The molecule has 2 unspecified atom stereocenters. The van der Waals surface area contributed by atoms with Crippen LogP contribution in [0.2, 0.25) is 0 Å². The molecule has 5 nitrogen and oxygen atoms in total. The average Bonchev–Trinajstić information content (AvgIpc) is 2.94. The summed E-state index contributed by atoms with van der Waals surface area (Å²) in [6.07, 6.45) is 1.83. The van der Waals surface area contributed by atoms with Crippen LogP contribution in [0.1, 0.15) is 12.7 Å². The van der Waals surface area contributed by atoms with E-state index in [2.05, 4.69) is 26.6 Å². The first-order valence-corrected chi connectivity index (χ1v) is 7.31. The Morgan fingerprint density at radius 3 is 3.18 bits per heavy atom. The number of nitrogens with two attached hydrogens (primary N) is 1. The number of rotatable bonds is 2. The predicted octanol–water partition coefficient (Wildman–Crippen LogP) is 0.174. The lowest BCUT2D eigenvalue weighted by atomic mass is 9.86. The zero-order valence-electron chi connectivity index (χ0n) is 10.2. The summed E-state index contributed by atoms with van der Waals surface area (Å²) in [6, 6.07) is 0. The highest BCUT2D eigenvalue weighted by Crippen LogP contribution is 2.38. The van der Waals surface area contributed by atoms with Crippen molar-refractivity contribution in [2.24, 2.45) is 11.7 Å². The second kappa shape index (κ2) is 4.26. The molecular weight excluding hydrogens is 234 g/mol. The summed E-state index contributed by atoms with van der Waals surface area (Å²) >= 11 is 2.03. The number of hydrogen-bond acceptors (Lipinski definition) is 5. The van der Waals surface area contributed by atoms with E-state index in [0.717, 1.165) is 37.8 Å². The van der Waals surface area contributed by atoms with Crippen LogP contribution >= 0.6 is 11.8 Å². The third-order valence-electron chi connectivity index (χ3n) is 4.26. The van der Waals surface area contributed by atoms with Gasteiger partial charge in [0.25, 0.3) is 0 Å². The largest absolute Gasteiger partial charge is 0.329 e. The van der Waals surface area contributed by atoms with Gasteiger partial charge >= 0.3 is 0 Å². The molecule has 0 aromatic carbocycles. The van der Waals surface area contributed by atoms with E-state index >= 15 is 0 Å². The topological polar surface area (TPSA) is 60.0 Å². The molecule has 2 N–H and O–H groups in total. The molecule has 1 aromatic heterocycles. The van der Waals surface area contributed by atoms with Crippen molar-refractivity contribution in [3.8, 4) is 0 Å². The summed E-state index contributed by atoms with van der Waals surface area (Å²) in [5.41, 5.74) is 6.26. The molecule has 1 fully saturated rings. The molecule has 1 saturated heterocycles. The predicted molar refractivity (Wildman–Crippen MR) is 68.7 cm³/mol. The average molecular weight is 253 g/mol. The Hall–Kier alpha value is -0.590. The van der Waals surface area contributed by atoms with Crippen molar-refractivity contribution >= 4 is 11.8 Å². The minimum Gasteiger partial charge on any atom is -0.329 e. The van der Waals surface area contributed by atoms with Crippen LogP contribution in [0, 0.1) is 5.92 Å². The molecule has 0 saturated carbocycles. The molecule has 0 amide bonds. The molecule has 0 bridgehead atoms. The van der Waals surface area contributed by atoms with Crippen molar-refractivity contribution in [3.05, 3.63) is 12.2 Å². The molecule has 2 atom stereocenters. The molecule has 94 valence electrons. The highest BCUT2D eigenvalue weighted by molar-refractivity contribution is 7.99. The third kappa shape index (κ3) is 1.70. The van der Waals surface area contributed by atoms with Gasteiger partial charge in [-0.15, -0.1) is 10.2 Å². The molecule has 0 spiro atoms. The fourth-order valence-electron chi connectivity index (χ4n) is 2.95. The first-order chi connectivity index (χ1) is 8.26. The molecule has 2 aliphatic heterocycles. The maximum Gasteiger partial charge on any atom is 0.147 e.